The third-order valence-electron chi connectivity index (χ3n) is 3.04. The van der Waals surface area contributed by atoms with Gasteiger partial charge in [-0.25, -0.2) is 4.39 Å². The van der Waals surface area contributed by atoms with E-state index < -0.39 is 5.82 Å². The maximum Gasteiger partial charge on any atom is 0.143 e. The first-order valence-electron chi connectivity index (χ1n) is 5.76. The van der Waals surface area contributed by atoms with E-state index in [1.807, 2.05) is 0 Å². The molecule has 0 aromatic heterocycles. The number of nitrogens with zero attached hydrogens (tertiary/aromatic N) is 1. The molecule has 94 valence electrons. The molecule has 0 heterocycles. The Hall–Kier alpha value is -1.00. The molecule has 5 heteroatoms. The zero-order chi connectivity index (χ0) is 12.4. The second kappa shape index (κ2) is 5.10. The van der Waals surface area contributed by atoms with Gasteiger partial charge in [-0.1, -0.05) is 11.6 Å². The third-order valence-corrected chi connectivity index (χ3v) is 3.33. The molecule has 1 aromatic carbocycles. The summed E-state index contributed by atoms with van der Waals surface area (Å²) < 4.78 is 13.2. The summed E-state index contributed by atoms with van der Waals surface area (Å²) in [6.45, 7) is 1.67. The summed E-state index contributed by atoms with van der Waals surface area (Å²) in [5.74, 6) is -0.445. The van der Waals surface area contributed by atoms with E-state index in [-0.39, 0.29) is 5.02 Å². The zero-order valence-corrected chi connectivity index (χ0v) is 10.6. The van der Waals surface area contributed by atoms with Crippen LogP contribution in [0.25, 0.3) is 0 Å². The minimum Gasteiger partial charge on any atom is -0.397 e. The van der Waals surface area contributed by atoms with Crippen LogP contribution in [-0.4, -0.2) is 31.1 Å². The molecule has 3 nitrogen and oxygen atoms in total. The van der Waals surface area contributed by atoms with Crippen LogP contribution in [0.1, 0.15) is 12.8 Å². The van der Waals surface area contributed by atoms with Gasteiger partial charge in [0.25, 0.3) is 0 Å². The predicted octanol–water partition coefficient (Wildman–Crippen LogP) is 2.57. The lowest BCUT2D eigenvalue weighted by atomic mass is 10.2. The van der Waals surface area contributed by atoms with E-state index in [1.165, 1.54) is 25.0 Å². The topological polar surface area (TPSA) is 41.3 Å². The zero-order valence-electron chi connectivity index (χ0n) is 9.84. The van der Waals surface area contributed by atoms with Crippen LogP contribution in [0.5, 0.6) is 0 Å². The standard InChI is InChI=1S/C12H17ClFN3/c1-17(8-2-3-8)5-4-16-12-7-10(14)9(13)6-11(12)15/h6-8,16H,2-5,15H2,1H3. The molecular formula is C12H17ClFN3. The molecule has 0 amide bonds. The highest BCUT2D eigenvalue weighted by Crippen LogP contribution is 2.27. The molecule has 17 heavy (non-hydrogen) atoms. The predicted molar refractivity (Wildman–Crippen MR) is 70.0 cm³/mol. The third kappa shape index (κ3) is 3.23. The van der Waals surface area contributed by atoms with Crippen molar-refractivity contribution in [2.45, 2.75) is 18.9 Å². The Balaban J connectivity index is 1.87. The monoisotopic (exact) mass is 257 g/mol. The first-order chi connectivity index (χ1) is 8.08. The average Bonchev–Trinajstić information content (AvgIpc) is 3.09. The number of hydrogen-bond donors (Lipinski definition) is 2. The van der Waals surface area contributed by atoms with Crippen LogP contribution in [0.2, 0.25) is 5.02 Å². The highest BCUT2D eigenvalue weighted by atomic mass is 35.5. The molecule has 2 rings (SSSR count). The van der Waals surface area contributed by atoms with Crippen molar-refractivity contribution in [1.82, 2.24) is 4.90 Å². The molecule has 1 saturated carbocycles. The summed E-state index contributed by atoms with van der Waals surface area (Å²) in [5.41, 5.74) is 6.84. The Kier molecular flexibility index (Phi) is 3.74. The fraction of sp³-hybridized carbons (Fsp3) is 0.500. The fourth-order valence-electron chi connectivity index (χ4n) is 1.78. The Bertz CT molecular complexity index is 407. The average molecular weight is 258 g/mol. The number of anilines is 2. The van der Waals surface area contributed by atoms with Crippen LogP contribution >= 0.6 is 11.6 Å². The first kappa shape index (κ1) is 12.5. The van der Waals surface area contributed by atoms with Crippen LogP contribution < -0.4 is 11.1 Å². The Morgan fingerprint density at radius 1 is 1.53 bits per heavy atom. The second-order valence-corrected chi connectivity index (χ2v) is 4.90. The molecule has 1 fully saturated rings. The number of nitrogen functional groups attached to an aromatic ring is 1. The van der Waals surface area contributed by atoms with E-state index in [0.29, 0.717) is 11.4 Å². The fourth-order valence-corrected chi connectivity index (χ4v) is 1.95. The van der Waals surface area contributed by atoms with Gasteiger partial charge >= 0.3 is 0 Å². The molecular weight excluding hydrogens is 241 g/mol. The Morgan fingerprint density at radius 2 is 2.24 bits per heavy atom. The minimum atomic E-state index is -0.445. The van der Waals surface area contributed by atoms with E-state index in [9.17, 15) is 4.39 Å². The smallest absolute Gasteiger partial charge is 0.143 e. The van der Waals surface area contributed by atoms with E-state index in [2.05, 4.69) is 17.3 Å². The molecule has 1 aliphatic rings. The van der Waals surface area contributed by atoms with Gasteiger partial charge in [0.15, 0.2) is 0 Å². The maximum absolute atomic E-state index is 13.2. The van der Waals surface area contributed by atoms with Crippen molar-refractivity contribution < 1.29 is 4.39 Å². The summed E-state index contributed by atoms with van der Waals surface area (Å²) in [5, 5.41) is 3.19. The van der Waals surface area contributed by atoms with E-state index in [4.69, 9.17) is 17.3 Å². The van der Waals surface area contributed by atoms with Gasteiger partial charge in [0.1, 0.15) is 5.82 Å². The number of halogens is 2. The number of hydrogen-bond acceptors (Lipinski definition) is 3. The quantitative estimate of drug-likeness (QED) is 0.797. The van der Waals surface area contributed by atoms with Gasteiger partial charge in [-0.05, 0) is 26.0 Å². The van der Waals surface area contributed by atoms with Crippen molar-refractivity contribution >= 4 is 23.0 Å². The van der Waals surface area contributed by atoms with Crippen molar-refractivity contribution in [2.24, 2.45) is 0 Å². The normalized spacial score (nSPS) is 15.3. The van der Waals surface area contributed by atoms with E-state index in [0.717, 1.165) is 19.1 Å². The van der Waals surface area contributed by atoms with Crippen LogP contribution in [0.4, 0.5) is 15.8 Å². The molecule has 0 radical (unpaired) electrons. The van der Waals surface area contributed by atoms with Crippen molar-refractivity contribution in [3.63, 3.8) is 0 Å². The lowest BCUT2D eigenvalue weighted by molar-refractivity contribution is 0.337. The molecule has 1 aromatic rings. The molecule has 0 unspecified atom stereocenters. The molecule has 1 aliphatic carbocycles. The highest BCUT2D eigenvalue weighted by molar-refractivity contribution is 6.31. The molecule has 0 bridgehead atoms. The van der Waals surface area contributed by atoms with Gasteiger partial charge in [0.05, 0.1) is 16.4 Å². The SMILES string of the molecule is CN(CCNc1cc(F)c(Cl)cc1N)C1CC1. The van der Waals surface area contributed by atoms with E-state index >= 15 is 0 Å². The number of rotatable bonds is 5. The number of benzene rings is 1. The van der Waals surface area contributed by atoms with Crippen LogP contribution in [0.15, 0.2) is 12.1 Å². The Labute approximate surface area is 106 Å². The lowest BCUT2D eigenvalue weighted by Crippen LogP contribution is -2.27. The lowest BCUT2D eigenvalue weighted by Gasteiger charge is -2.17. The van der Waals surface area contributed by atoms with E-state index in [1.54, 1.807) is 0 Å². The number of nitrogens with one attached hydrogen (secondary N) is 1. The summed E-state index contributed by atoms with van der Waals surface area (Å²) in [7, 11) is 2.10. The van der Waals surface area contributed by atoms with Crippen LogP contribution in [0, 0.1) is 5.82 Å². The van der Waals surface area contributed by atoms with Crippen LogP contribution in [-0.2, 0) is 0 Å². The van der Waals surface area contributed by atoms with Gasteiger partial charge in [-0.2, -0.15) is 0 Å². The summed E-state index contributed by atoms with van der Waals surface area (Å²) in [6.07, 6.45) is 2.57. The number of nitrogens with two attached hydrogens (primary N) is 1. The van der Waals surface area contributed by atoms with Gasteiger partial charge in [0.2, 0.25) is 0 Å². The summed E-state index contributed by atoms with van der Waals surface area (Å²) in [6, 6.07) is 3.51. The maximum atomic E-state index is 13.2. The van der Waals surface area contributed by atoms with Gasteiger partial charge in [0, 0.05) is 25.2 Å². The number of likely N-dealkylation sites (N-methyl/N-ethyl adjacent to an activating group) is 1. The molecule has 0 atom stereocenters. The van der Waals surface area contributed by atoms with Crippen molar-refractivity contribution in [3.05, 3.63) is 23.0 Å². The van der Waals surface area contributed by atoms with Gasteiger partial charge < -0.3 is 16.0 Å². The Morgan fingerprint density at radius 3 is 2.88 bits per heavy atom. The molecule has 0 aliphatic heterocycles. The van der Waals surface area contributed by atoms with Crippen LogP contribution in [0.3, 0.4) is 0 Å². The first-order valence-corrected chi connectivity index (χ1v) is 6.14. The summed E-state index contributed by atoms with van der Waals surface area (Å²) in [4.78, 5) is 2.30. The van der Waals surface area contributed by atoms with Gasteiger partial charge in [-0.3, -0.25) is 0 Å². The molecule has 3 N–H and O–H groups in total. The largest absolute Gasteiger partial charge is 0.397 e. The highest BCUT2D eigenvalue weighted by Gasteiger charge is 2.25. The molecule has 0 spiro atoms. The van der Waals surface area contributed by atoms with Crippen molar-refractivity contribution in [2.75, 3.05) is 31.2 Å². The van der Waals surface area contributed by atoms with Crippen molar-refractivity contribution in [3.8, 4) is 0 Å². The molecule has 0 saturated heterocycles. The van der Waals surface area contributed by atoms with Gasteiger partial charge in [-0.15, -0.1) is 0 Å². The minimum absolute atomic E-state index is 0.0585. The van der Waals surface area contributed by atoms with Crippen molar-refractivity contribution in [1.29, 1.82) is 0 Å². The second-order valence-electron chi connectivity index (χ2n) is 4.49. The summed E-state index contributed by atoms with van der Waals surface area (Å²) >= 11 is 5.63.